The third kappa shape index (κ3) is 4.90. The number of hydrogen-bond acceptors (Lipinski definition) is 3. The highest BCUT2D eigenvalue weighted by Crippen LogP contribution is 2.24. The van der Waals surface area contributed by atoms with Gasteiger partial charge in [-0.05, 0) is 61.1 Å². The molecule has 5 heteroatoms. The number of imidazole rings is 1. The average Bonchev–Trinajstić information content (AvgIpc) is 3.27. The van der Waals surface area contributed by atoms with Gasteiger partial charge in [0.05, 0.1) is 12.4 Å². The van der Waals surface area contributed by atoms with Crippen molar-refractivity contribution in [3.8, 4) is 0 Å². The van der Waals surface area contributed by atoms with E-state index >= 15 is 0 Å². The van der Waals surface area contributed by atoms with Gasteiger partial charge < -0.3 is 14.8 Å². The topological polar surface area (TPSA) is 50.2 Å². The van der Waals surface area contributed by atoms with E-state index in [2.05, 4.69) is 46.4 Å². The van der Waals surface area contributed by atoms with Gasteiger partial charge in [-0.2, -0.15) is 0 Å². The molecule has 0 unspecified atom stereocenters. The Bertz CT molecular complexity index is 948. The van der Waals surface area contributed by atoms with Gasteiger partial charge in [-0.25, -0.2) is 4.98 Å². The standard InChI is InChI=1S/C25H30N4O/c1-19-4-3-14-29(16-19)24-11-9-22(10-12-24)20(2)27-25(30)23-7-5-21(6-8-23)17-28-15-13-26-18-28/h5-13,15,18-20H,3-4,14,16-17H2,1-2H3,(H,27,30)/t19-,20+/m1/s1. The minimum Gasteiger partial charge on any atom is -0.371 e. The molecular weight excluding hydrogens is 372 g/mol. The fourth-order valence-electron chi connectivity index (χ4n) is 4.11. The number of aromatic nitrogens is 2. The van der Waals surface area contributed by atoms with E-state index in [0.29, 0.717) is 5.56 Å². The van der Waals surface area contributed by atoms with Crippen LogP contribution in [0.15, 0.2) is 67.3 Å². The third-order valence-electron chi connectivity index (χ3n) is 5.90. The fraction of sp³-hybridized carbons (Fsp3) is 0.360. The molecule has 1 saturated heterocycles. The van der Waals surface area contributed by atoms with Crippen molar-refractivity contribution in [3.63, 3.8) is 0 Å². The molecule has 2 atom stereocenters. The number of nitrogens with one attached hydrogen (secondary N) is 1. The molecule has 1 amide bonds. The zero-order valence-corrected chi connectivity index (χ0v) is 17.8. The molecule has 3 aromatic rings. The van der Waals surface area contributed by atoms with Crippen molar-refractivity contribution in [3.05, 3.63) is 83.9 Å². The maximum absolute atomic E-state index is 12.7. The lowest BCUT2D eigenvalue weighted by Gasteiger charge is -2.33. The van der Waals surface area contributed by atoms with Crippen LogP contribution in [0.4, 0.5) is 5.69 Å². The van der Waals surface area contributed by atoms with E-state index < -0.39 is 0 Å². The maximum Gasteiger partial charge on any atom is 0.251 e. The predicted molar refractivity (Wildman–Crippen MR) is 121 cm³/mol. The summed E-state index contributed by atoms with van der Waals surface area (Å²) in [6, 6.07) is 16.3. The summed E-state index contributed by atoms with van der Waals surface area (Å²) in [6.07, 6.45) is 8.07. The number of amides is 1. The first kappa shape index (κ1) is 20.2. The molecule has 1 fully saturated rings. The Morgan fingerprint density at radius 1 is 1.17 bits per heavy atom. The minimum absolute atomic E-state index is 0.0440. The lowest BCUT2D eigenvalue weighted by Crippen LogP contribution is -2.34. The Balaban J connectivity index is 1.34. The lowest BCUT2D eigenvalue weighted by molar-refractivity contribution is 0.0940. The van der Waals surface area contributed by atoms with E-state index in [9.17, 15) is 4.79 Å². The number of hydrogen-bond donors (Lipinski definition) is 1. The van der Waals surface area contributed by atoms with Crippen LogP contribution >= 0.6 is 0 Å². The number of nitrogens with zero attached hydrogens (tertiary/aromatic N) is 3. The van der Waals surface area contributed by atoms with Crippen molar-refractivity contribution < 1.29 is 4.79 Å². The number of carbonyl (C=O) groups excluding carboxylic acids is 1. The van der Waals surface area contributed by atoms with Gasteiger partial charge in [-0.3, -0.25) is 4.79 Å². The van der Waals surface area contributed by atoms with Crippen LogP contribution in [0.25, 0.3) is 0 Å². The van der Waals surface area contributed by atoms with Gasteiger partial charge in [0.1, 0.15) is 0 Å². The highest BCUT2D eigenvalue weighted by Gasteiger charge is 2.17. The first-order valence-corrected chi connectivity index (χ1v) is 10.8. The van der Waals surface area contributed by atoms with Crippen molar-refractivity contribution >= 4 is 11.6 Å². The van der Waals surface area contributed by atoms with Crippen molar-refractivity contribution in [1.29, 1.82) is 0 Å². The molecule has 156 valence electrons. The molecule has 0 spiro atoms. The van der Waals surface area contributed by atoms with E-state index in [-0.39, 0.29) is 11.9 Å². The summed E-state index contributed by atoms with van der Waals surface area (Å²) < 4.78 is 2.01. The van der Waals surface area contributed by atoms with Crippen LogP contribution in [-0.4, -0.2) is 28.5 Å². The summed E-state index contributed by atoms with van der Waals surface area (Å²) in [5.74, 6) is 0.702. The highest BCUT2D eigenvalue weighted by atomic mass is 16.1. The summed E-state index contributed by atoms with van der Waals surface area (Å²) in [5.41, 5.74) is 4.21. The second-order valence-electron chi connectivity index (χ2n) is 8.41. The van der Waals surface area contributed by atoms with Gasteiger partial charge in [0.15, 0.2) is 0 Å². The highest BCUT2D eigenvalue weighted by molar-refractivity contribution is 5.94. The number of piperidine rings is 1. The SMILES string of the molecule is C[C@@H]1CCCN(c2ccc([C@H](C)NC(=O)c3ccc(Cn4ccnc4)cc3)cc2)C1. The molecule has 1 aromatic heterocycles. The average molecular weight is 403 g/mol. The van der Waals surface area contributed by atoms with Crippen LogP contribution in [0, 0.1) is 5.92 Å². The Morgan fingerprint density at radius 2 is 1.93 bits per heavy atom. The molecule has 0 aliphatic carbocycles. The summed E-state index contributed by atoms with van der Waals surface area (Å²) >= 11 is 0. The molecule has 4 rings (SSSR count). The van der Waals surface area contributed by atoms with Crippen LogP contribution in [0.1, 0.15) is 54.2 Å². The van der Waals surface area contributed by atoms with Crippen LogP contribution in [0.3, 0.4) is 0 Å². The minimum atomic E-state index is -0.0504. The second-order valence-corrected chi connectivity index (χ2v) is 8.41. The van der Waals surface area contributed by atoms with E-state index in [1.807, 2.05) is 42.0 Å². The van der Waals surface area contributed by atoms with Crippen LogP contribution < -0.4 is 10.2 Å². The molecule has 2 heterocycles. The third-order valence-corrected chi connectivity index (χ3v) is 5.90. The molecule has 30 heavy (non-hydrogen) atoms. The van der Waals surface area contributed by atoms with Crippen molar-refractivity contribution in [2.45, 2.75) is 39.3 Å². The fourth-order valence-corrected chi connectivity index (χ4v) is 4.11. The largest absolute Gasteiger partial charge is 0.371 e. The first-order chi connectivity index (χ1) is 14.6. The normalized spacial score (nSPS) is 17.5. The van der Waals surface area contributed by atoms with Gasteiger partial charge in [-0.1, -0.05) is 31.2 Å². The number of rotatable bonds is 6. The van der Waals surface area contributed by atoms with Crippen molar-refractivity contribution in [1.82, 2.24) is 14.9 Å². The molecule has 0 bridgehead atoms. The molecule has 5 nitrogen and oxygen atoms in total. The number of benzene rings is 2. The van der Waals surface area contributed by atoms with E-state index in [0.717, 1.165) is 36.7 Å². The molecule has 1 N–H and O–H groups in total. The molecule has 1 aliphatic rings. The van der Waals surface area contributed by atoms with E-state index in [4.69, 9.17) is 0 Å². The molecule has 0 saturated carbocycles. The monoisotopic (exact) mass is 402 g/mol. The van der Waals surface area contributed by atoms with Crippen LogP contribution in [-0.2, 0) is 6.54 Å². The van der Waals surface area contributed by atoms with Crippen LogP contribution in [0.2, 0.25) is 0 Å². The van der Waals surface area contributed by atoms with E-state index in [1.165, 1.54) is 18.5 Å². The zero-order valence-electron chi connectivity index (χ0n) is 17.8. The first-order valence-electron chi connectivity index (χ1n) is 10.8. The molecule has 2 aromatic carbocycles. The summed E-state index contributed by atoms with van der Waals surface area (Å²) in [6.45, 7) is 7.36. The van der Waals surface area contributed by atoms with Gasteiger partial charge in [0.2, 0.25) is 0 Å². The smallest absolute Gasteiger partial charge is 0.251 e. The quantitative estimate of drug-likeness (QED) is 0.652. The van der Waals surface area contributed by atoms with Crippen molar-refractivity contribution in [2.24, 2.45) is 5.92 Å². The molecule has 1 aliphatic heterocycles. The molecular formula is C25H30N4O. The summed E-state index contributed by atoms with van der Waals surface area (Å²) in [4.78, 5) is 19.2. The number of carbonyl (C=O) groups is 1. The summed E-state index contributed by atoms with van der Waals surface area (Å²) in [5, 5.41) is 3.12. The Hall–Kier alpha value is -3.08. The second kappa shape index (κ2) is 9.16. The zero-order chi connectivity index (χ0) is 20.9. The maximum atomic E-state index is 12.7. The van der Waals surface area contributed by atoms with Crippen LogP contribution in [0.5, 0.6) is 0 Å². The Labute approximate surface area is 178 Å². The van der Waals surface area contributed by atoms with Gasteiger partial charge in [0.25, 0.3) is 5.91 Å². The lowest BCUT2D eigenvalue weighted by atomic mass is 9.99. The predicted octanol–water partition coefficient (Wildman–Crippen LogP) is 4.66. The summed E-state index contributed by atoms with van der Waals surface area (Å²) in [7, 11) is 0. The van der Waals surface area contributed by atoms with Gasteiger partial charge in [-0.15, -0.1) is 0 Å². The van der Waals surface area contributed by atoms with Gasteiger partial charge in [0, 0.05) is 43.3 Å². The van der Waals surface area contributed by atoms with Gasteiger partial charge >= 0.3 is 0 Å². The number of anilines is 1. The van der Waals surface area contributed by atoms with Crippen molar-refractivity contribution in [2.75, 3.05) is 18.0 Å². The molecule has 0 radical (unpaired) electrons. The Morgan fingerprint density at radius 3 is 2.60 bits per heavy atom. The Kier molecular flexibility index (Phi) is 6.17. The van der Waals surface area contributed by atoms with E-state index in [1.54, 1.807) is 12.5 Å².